The predicted octanol–water partition coefficient (Wildman–Crippen LogP) is 1.75. The van der Waals surface area contributed by atoms with Gasteiger partial charge in [0.05, 0.1) is 11.9 Å². The number of rotatable bonds is 2. The molecule has 0 atom stereocenters. The van der Waals surface area contributed by atoms with Crippen molar-refractivity contribution in [3.05, 3.63) is 58.1 Å². The molecule has 0 saturated carbocycles. The van der Waals surface area contributed by atoms with Crippen molar-refractivity contribution >= 4 is 10.9 Å². The average Bonchev–Trinajstić information content (AvgIpc) is 2.56. The molecule has 3 aromatic rings. The maximum Gasteiger partial charge on any atom is 0.278 e. The van der Waals surface area contributed by atoms with Crippen molar-refractivity contribution in [1.29, 1.82) is 0 Å². The van der Waals surface area contributed by atoms with E-state index in [-0.39, 0.29) is 17.9 Å². The van der Waals surface area contributed by atoms with Gasteiger partial charge in [-0.15, -0.1) is 5.10 Å². The minimum Gasteiger partial charge on any atom is -0.486 e. The summed E-state index contributed by atoms with van der Waals surface area (Å²) in [5, 5.41) is 8.36. The van der Waals surface area contributed by atoms with E-state index in [1.165, 1.54) is 16.8 Å². The molecule has 0 fully saturated rings. The summed E-state index contributed by atoms with van der Waals surface area (Å²) >= 11 is 0. The second-order valence-electron chi connectivity index (χ2n) is 5.20. The predicted molar refractivity (Wildman–Crippen MR) is 80.3 cm³/mol. The van der Waals surface area contributed by atoms with E-state index in [0.29, 0.717) is 41.2 Å². The van der Waals surface area contributed by atoms with Crippen molar-refractivity contribution in [1.82, 2.24) is 15.0 Å². The zero-order valence-corrected chi connectivity index (χ0v) is 12.0. The lowest BCUT2D eigenvalue weighted by molar-refractivity contribution is 0.172. The molecule has 2 heterocycles. The van der Waals surface area contributed by atoms with E-state index in [2.05, 4.69) is 10.3 Å². The maximum atomic E-state index is 13.3. The molecule has 0 radical (unpaired) electrons. The Kier molecular flexibility index (Phi) is 3.18. The van der Waals surface area contributed by atoms with Gasteiger partial charge in [-0.25, -0.2) is 9.07 Å². The molecule has 1 aliphatic heterocycles. The summed E-state index contributed by atoms with van der Waals surface area (Å²) in [6.45, 7) is 1.05. The summed E-state index contributed by atoms with van der Waals surface area (Å²) in [5.41, 5.74) is 0.768. The van der Waals surface area contributed by atoms with Crippen molar-refractivity contribution in [2.24, 2.45) is 0 Å². The molecule has 1 aliphatic rings. The zero-order chi connectivity index (χ0) is 15.8. The summed E-state index contributed by atoms with van der Waals surface area (Å²) < 4.78 is 25.4. The molecule has 116 valence electrons. The number of aromatic nitrogens is 3. The van der Waals surface area contributed by atoms with Crippen LogP contribution in [0, 0.1) is 5.82 Å². The van der Waals surface area contributed by atoms with Gasteiger partial charge in [-0.05, 0) is 23.8 Å². The first-order valence-corrected chi connectivity index (χ1v) is 7.12. The van der Waals surface area contributed by atoms with Gasteiger partial charge in [-0.1, -0.05) is 17.3 Å². The lowest BCUT2D eigenvalue weighted by atomic mass is 10.2. The molecule has 0 bridgehead atoms. The van der Waals surface area contributed by atoms with Crippen LogP contribution in [0.2, 0.25) is 0 Å². The fourth-order valence-corrected chi connectivity index (χ4v) is 2.53. The second kappa shape index (κ2) is 5.35. The average molecular weight is 313 g/mol. The number of ether oxygens (including phenoxy) is 2. The van der Waals surface area contributed by atoms with Crippen molar-refractivity contribution < 1.29 is 13.9 Å². The minimum absolute atomic E-state index is 0.147. The van der Waals surface area contributed by atoms with E-state index in [9.17, 15) is 9.18 Å². The van der Waals surface area contributed by atoms with E-state index >= 15 is 0 Å². The normalized spacial score (nSPS) is 13.3. The summed E-state index contributed by atoms with van der Waals surface area (Å²) in [7, 11) is 0. The van der Waals surface area contributed by atoms with Gasteiger partial charge in [0.25, 0.3) is 5.56 Å². The van der Waals surface area contributed by atoms with Gasteiger partial charge >= 0.3 is 0 Å². The van der Waals surface area contributed by atoms with Crippen LogP contribution in [0.3, 0.4) is 0 Å². The van der Waals surface area contributed by atoms with Gasteiger partial charge in [-0.2, -0.15) is 0 Å². The molecule has 0 N–H and O–H groups in total. The Morgan fingerprint density at radius 3 is 2.70 bits per heavy atom. The van der Waals surface area contributed by atoms with E-state index in [1.807, 2.05) is 0 Å². The summed E-state index contributed by atoms with van der Waals surface area (Å²) in [6, 6.07) is 9.29. The Bertz CT molecular complexity index is 955. The van der Waals surface area contributed by atoms with Crippen molar-refractivity contribution in [3.8, 4) is 11.5 Å². The van der Waals surface area contributed by atoms with Crippen LogP contribution < -0.4 is 15.0 Å². The molecule has 2 aromatic carbocycles. The molecule has 7 heteroatoms. The Morgan fingerprint density at radius 2 is 1.91 bits per heavy atom. The number of hydrogen-bond acceptors (Lipinski definition) is 5. The van der Waals surface area contributed by atoms with Gasteiger partial charge in [0.1, 0.15) is 24.5 Å². The third kappa shape index (κ3) is 2.50. The first-order chi connectivity index (χ1) is 11.2. The molecule has 4 rings (SSSR count). The van der Waals surface area contributed by atoms with Crippen LogP contribution in [0.1, 0.15) is 5.56 Å². The van der Waals surface area contributed by atoms with Crippen LogP contribution in [-0.2, 0) is 6.54 Å². The van der Waals surface area contributed by atoms with Gasteiger partial charge < -0.3 is 9.47 Å². The maximum absolute atomic E-state index is 13.3. The van der Waals surface area contributed by atoms with E-state index in [4.69, 9.17) is 9.47 Å². The Morgan fingerprint density at radius 1 is 1.13 bits per heavy atom. The van der Waals surface area contributed by atoms with E-state index < -0.39 is 0 Å². The molecular weight excluding hydrogens is 301 g/mol. The second-order valence-corrected chi connectivity index (χ2v) is 5.20. The van der Waals surface area contributed by atoms with E-state index in [1.54, 1.807) is 24.3 Å². The fourth-order valence-electron chi connectivity index (χ4n) is 2.53. The van der Waals surface area contributed by atoms with Gasteiger partial charge in [0, 0.05) is 6.07 Å². The molecule has 0 amide bonds. The Labute approximate surface area is 130 Å². The highest BCUT2D eigenvalue weighted by Crippen LogP contribution is 2.32. The third-order valence-electron chi connectivity index (χ3n) is 3.61. The molecule has 0 unspecified atom stereocenters. The molecule has 23 heavy (non-hydrogen) atoms. The van der Waals surface area contributed by atoms with Crippen LogP contribution in [0.4, 0.5) is 4.39 Å². The highest BCUT2D eigenvalue weighted by Gasteiger charge is 2.16. The summed E-state index contributed by atoms with van der Waals surface area (Å²) in [4.78, 5) is 12.6. The standard InChI is InChI=1S/C16H12FN3O3/c17-11-3-1-2-10(6-11)9-20-16(21)12-7-14-15(23-5-4-22-14)8-13(12)18-19-20/h1-3,6-8H,4-5,9H2. The Hall–Kier alpha value is -2.96. The van der Waals surface area contributed by atoms with Crippen LogP contribution in [0.25, 0.3) is 10.9 Å². The third-order valence-corrected chi connectivity index (χ3v) is 3.61. The Balaban J connectivity index is 1.79. The van der Waals surface area contributed by atoms with Crippen LogP contribution in [-0.4, -0.2) is 28.2 Å². The molecule has 0 saturated heterocycles. The number of halogens is 1. The van der Waals surface area contributed by atoms with Crippen molar-refractivity contribution in [2.45, 2.75) is 6.54 Å². The quantitative estimate of drug-likeness (QED) is 0.721. The van der Waals surface area contributed by atoms with Crippen molar-refractivity contribution in [3.63, 3.8) is 0 Å². The zero-order valence-electron chi connectivity index (χ0n) is 12.0. The van der Waals surface area contributed by atoms with Gasteiger partial charge in [-0.3, -0.25) is 4.79 Å². The monoisotopic (exact) mass is 313 g/mol. The largest absolute Gasteiger partial charge is 0.486 e. The topological polar surface area (TPSA) is 66.2 Å². The SMILES string of the molecule is O=c1c2cc3c(cc2nnn1Cc1cccc(F)c1)OCCO3. The smallest absolute Gasteiger partial charge is 0.278 e. The van der Waals surface area contributed by atoms with Crippen LogP contribution in [0.15, 0.2) is 41.2 Å². The molecule has 6 nitrogen and oxygen atoms in total. The first-order valence-electron chi connectivity index (χ1n) is 7.12. The van der Waals surface area contributed by atoms with Crippen LogP contribution >= 0.6 is 0 Å². The lowest BCUT2D eigenvalue weighted by Crippen LogP contribution is -2.25. The van der Waals surface area contributed by atoms with Crippen molar-refractivity contribution in [2.75, 3.05) is 13.2 Å². The summed E-state index contributed by atoms with van der Waals surface area (Å²) in [5.74, 6) is 0.718. The highest BCUT2D eigenvalue weighted by atomic mass is 19.1. The number of nitrogens with zero attached hydrogens (tertiary/aromatic N) is 3. The molecule has 0 aliphatic carbocycles. The van der Waals surface area contributed by atoms with E-state index in [0.717, 1.165) is 0 Å². The number of fused-ring (bicyclic) bond motifs is 2. The molecule has 0 spiro atoms. The minimum atomic E-state index is -0.357. The molecule has 1 aromatic heterocycles. The summed E-state index contributed by atoms with van der Waals surface area (Å²) in [6.07, 6.45) is 0. The highest BCUT2D eigenvalue weighted by molar-refractivity contribution is 5.81. The lowest BCUT2D eigenvalue weighted by Gasteiger charge is -2.18. The first kappa shape index (κ1) is 13.7. The number of benzene rings is 2. The van der Waals surface area contributed by atoms with Gasteiger partial charge in [0.2, 0.25) is 0 Å². The number of hydrogen-bond donors (Lipinski definition) is 0. The van der Waals surface area contributed by atoms with Gasteiger partial charge in [0.15, 0.2) is 11.5 Å². The molecular formula is C16H12FN3O3. The fraction of sp³-hybridized carbons (Fsp3) is 0.188. The van der Waals surface area contributed by atoms with Crippen LogP contribution in [0.5, 0.6) is 11.5 Å².